The average molecular weight is 552 g/mol. The molecule has 7 heteroatoms. The molecule has 7 nitrogen and oxygen atoms in total. The van der Waals surface area contributed by atoms with Crippen molar-refractivity contribution in [2.45, 2.75) is 46.1 Å². The molecule has 1 atom stereocenters. The number of hydrogen-bond donors (Lipinski definition) is 1. The molecule has 1 aliphatic heterocycles. The number of rotatable bonds is 9. The minimum atomic E-state index is -0.578. The van der Waals surface area contributed by atoms with Crippen LogP contribution < -0.4 is 15.2 Å². The first-order valence-corrected chi connectivity index (χ1v) is 14.1. The highest BCUT2D eigenvalue weighted by Crippen LogP contribution is 2.49. The number of ketones is 1. The Morgan fingerprint density at radius 2 is 1.80 bits per heavy atom. The number of carbonyl (C=O) groups is 1. The van der Waals surface area contributed by atoms with Gasteiger partial charge in [-0.3, -0.25) is 4.79 Å². The van der Waals surface area contributed by atoms with Crippen LogP contribution in [0.1, 0.15) is 50.7 Å². The van der Waals surface area contributed by atoms with E-state index in [1.807, 2.05) is 42.2 Å². The minimum absolute atomic E-state index is 0.0403. The van der Waals surface area contributed by atoms with Gasteiger partial charge in [0.25, 0.3) is 0 Å². The lowest BCUT2D eigenvalue weighted by atomic mass is 9.68. The molecule has 2 aliphatic rings. The van der Waals surface area contributed by atoms with E-state index in [-0.39, 0.29) is 11.2 Å². The fraction of sp³-hybridized carbons (Fsp3) is 0.353. The van der Waals surface area contributed by atoms with Crippen molar-refractivity contribution in [3.63, 3.8) is 0 Å². The van der Waals surface area contributed by atoms with Crippen molar-refractivity contribution < 1.29 is 19.0 Å². The van der Waals surface area contributed by atoms with Crippen LogP contribution in [0.3, 0.4) is 0 Å². The van der Waals surface area contributed by atoms with Gasteiger partial charge in [-0.25, -0.2) is 0 Å². The maximum atomic E-state index is 13.7. The summed E-state index contributed by atoms with van der Waals surface area (Å²) in [6.45, 7) is 7.80. The predicted octanol–water partition coefficient (Wildman–Crippen LogP) is 6.20. The number of benzene rings is 3. The van der Waals surface area contributed by atoms with Crippen molar-refractivity contribution in [1.29, 1.82) is 5.26 Å². The van der Waals surface area contributed by atoms with Gasteiger partial charge < -0.3 is 24.8 Å². The Kier molecular flexibility index (Phi) is 8.05. The van der Waals surface area contributed by atoms with Crippen LogP contribution in [0, 0.1) is 16.7 Å². The largest absolute Gasteiger partial charge is 0.490 e. The minimum Gasteiger partial charge on any atom is -0.490 e. The van der Waals surface area contributed by atoms with Gasteiger partial charge in [0.05, 0.1) is 30.8 Å². The highest BCUT2D eigenvalue weighted by atomic mass is 16.5. The molecule has 0 radical (unpaired) electrons. The second-order valence-electron chi connectivity index (χ2n) is 11.4. The summed E-state index contributed by atoms with van der Waals surface area (Å²) in [5.74, 6) is 0.995. The maximum absolute atomic E-state index is 13.7. The van der Waals surface area contributed by atoms with Gasteiger partial charge in [-0.15, -0.1) is 0 Å². The average Bonchev–Trinajstić information content (AvgIpc) is 2.95. The Labute approximate surface area is 241 Å². The van der Waals surface area contributed by atoms with Crippen molar-refractivity contribution in [2.24, 2.45) is 11.1 Å². The quantitative estimate of drug-likeness (QED) is 0.338. The molecule has 0 bridgehead atoms. The van der Waals surface area contributed by atoms with Crippen molar-refractivity contribution in [3.05, 3.63) is 94.5 Å². The monoisotopic (exact) mass is 551 g/mol. The lowest BCUT2D eigenvalue weighted by Gasteiger charge is -2.43. The van der Waals surface area contributed by atoms with Gasteiger partial charge in [0.2, 0.25) is 0 Å². The first-order valence-electron chi connectivity index (χ1n) is 14.1. The molecule has 0 saturated heterocycles. The summed E-state index contributed by atoms with van der Waals surface area (Å²) in [5, 5.41) is 12.6. The summed E-state index contributed by atoms with van der Waals surface area (Å²) in [6.07, 6.45) is 1.09. The first kappa shape index (κ1) is 28.3. The lowest BCUT2D eigenvalue weighted by Crippen LogP contribution is -2.43. The van der Waals surface area contributed by atoms with Crippen LogP contribution in [-0.4, -0.2) is 37.6 Å². The van der Waals surface area contributed by atoms with E-state index in [2.05, 4.69) is 50.2 Å². The van der Waals surface area contributed by atoms with Crippen LogP contribution in [0.5, 0.6) is 11.5 Å². The van der Waals surface area contributed by atoms with E-state index in [4.69, 9.17) is 19.9 Å². The molecule has 0 fully saturated rings. The second-order valence-corrected chi connectivity index (χ2v) is 11.4. The Bertz CT molecular complexity index is 1580. The van der Waals surface area contributed by atoms with E-state index < -0.39 is 5.92 Å². The van der Waals surface area contributed by atoms with Crippen LogP contribution in [0.4, 0.5) is 0 Å². The number of nitriles is 1. The van der Waals surface area contributed by atoms with E-state index in [1.54, 1.807) is 7.11 Å². The SMILES string of the molecule is CCOc1cc([C@H]2C(C#N)=C(N)N(CCOC)C3=C2C(=O)CC(C)(C)C3)ccc1OCc1ccc2ccccc2c1. The molecule has 0 amide bonds. The molecule has 0 unspecified atom stereocenters. The molecule has 212 valence electrons. The van der Waals surface area contributed by atoms with Crippen LogP contribution in [-0.2, 0) is 16.1 Å². The van der Waals surface area contributed by atoms with Crippen LogP contribution in [0.25, 0.3) is 10.8 Å². The molecule has 5 rings (SSSR count). The third-order valence-electron chi connectivity index (χ3n) is 7.81. The summed E-state index contributed by atoms with van der Waals surface area (Å²) in [4.78, 5) is 15.6. The number of methoxy groups -OCH3 is 1. The molecule has 41 heavy (non-hydrogen) atoms. The number of nitrogens with zero attached hydrogens (tertiary/aromatic N) is 2. The third kappa shape index (κ3) is 5.66. The van der Waals surface area contributed by atoms with Crippen molar-refractivity contribution in [1.82, 2.24) is 4.90 Å². The fourth-order valence-corrected chi connectivity index (χ4v) is 5.93. The Morgan fingerprint density at radius 3 is 2.54 bits per heavy atom. The maximum Gasteiger partial charge on any atom is 0.162 e. The number of hydrogen-bond acceptors (Lipinski definition) is 7. The summed E-state index contributed by atoms with van der Waals surface area (Å²) in [7, 11) is 1.63. The van der Waals surface area contributed by atoms with E-state index in [0.717, 1.165) is 22.2 Å². The Balaban J connectivity index is 1.52. The summed E-state index contributed by atoms with van der Waals surface area (Å²) >= 11 is 0. The molecule has 1 aliphatic carbocycles. The molecule has 3 aromatic rings. The number of fused-ring (bicyclic) bond motifs is 1. The van der Waals surface area contributed by atoms with E-state index in [1.165, 1.54) is 5.39 Å². The standard InChI is InChI=1S/C34H37N3O4/c1-5-40-30-17-25(12-13-29(30)41-21-22-10-11-23-8-6-7-9-24(23)16-22)31-26(20-35)33(36)37(14-15-39-4)27-18-34(2,3)19-28(38)32(27)31/h6-13,16-17,31H,5,14-15,18-19,21,36H2,1-4H3/t31-/m0/s1. The highest BCUT2D eigenvalue weighted by Gasteiger charge is 2.44. The summed E-state index contributed by atoms with van der Waals surface area (Å²) < 4.78 is 17.6. The zero-order valence-electron chi connectivity index (χ0n) is 24.2. The third-order valence-corrected chi connectivity index (χ3v) is 7.81. The normalized spacial score (nSPS) is 18.4. The Morgan fingerprint density at radius 1 is 1.02 bits per heavy atom. The first-order chi connectivity index (χ1) is 19.8. The number of ether oxygens (including phenoxy) is 3. The lowest BCUT2D eigenvalue weighted by molar-refractivity contribution is -0.118. The van der Waals surface area contributed by atoms with Gasteiger partial charge in [0.1, 0.15) is 12.4 Å². The van der Waals surface area contributed by atoms with Gasteiger partial charge >= 0.3 is 0 Å². The van der Waals surface area contributed by atoms with Gasteiger partial charge in [-0.05, 0) is 58.9 Å². The Hall–Kier alpha value is -4.28. The van der Waals surface area contributed by atoms with Crippen molar-refractivity contribution in [2.75, 3.05) is 26.9 Å². The topological polar surface area (TPSA) is 97.8 Å². The van der Waals surface area contributed by atoms with Crippen molar-refractivity contribution in [3.8, 4) is 17.6 Å². The van der Waals surface area contributed by atoms with E-state index >= 15 is 0 Å². The second kappa shape index (κ2) is 11.7. The number of allylic oxidation sites excluding steroid dienone is 3. The zero-order valence-corrected chi connectivity index (χ0v) is 24.2. The van der Waals surface area contributed by atoms with Gasteiger partial charge in [0.15, 0.2) is 17.3 Å². The molecule has 1 heterocycles. The fourth-order valence-electron chi connectivity index (χ4n) is 5.93. The van der Waals surface area contributed by atoms with E-state index in [0.29, 0.717) is 67.7 Å². The van der Waals surface area contributed by atoms with Crippen LogP contribution in [0.15, 0.2) is 83.3 Å². The molecular weight excluding hydrogens is 514 g/mol. The van der Waals surface area contributed by atoms with Crippen LogP contribution >= 0.6 is 0 Å². The molecule has 3 aromatic carbocycles. The van der Waals surface area contributed by atoms with Crippen molar-refractivity contribution >= 4 is 16.6 Å². The smallest absolute Gasteiger partial charge is 0.162 e. The highest BCUT2D eigenvalue weighted by molar-refractivity contribution is 6.00. The van der Waals surface area contributed by atoms with Gasteiger partial charge in [-0.1, -0.05) is 56.3 Å². The summed E-state index contributed by atoms with van der Waals surface area (Å²) in [5.41, 5.74) is 10.1. The van der Waals surface area contributed by atoms with Gasteiger partial charge in [-0.2, -0.15) is 5.26 Å². The van der Waals surface area contributed by atoms with E-state index in [9.17, 15) is 10.1 Å². The number of carbonyl (C=O) groups excluding carboxylic acids is 1. The zero-order chi connectivity index (χ0) is 29.1. The number of nitrogens with two attached hydrogens (primary N) is 1. The molecule has 0 spiro atoms. The molecule has 2 N–H and O–H groups in total. The summed E-state index contributed by atoms with van der Waals surface area (Å²) in [6, 6.07) is 22.5. The van der Waals surface area contributed by atoms with Gasteiger partial charge in [0, 0.05) is 31.3 Å². The van der Waals surface area contributed by atoms with Crippen LogP contribution in [0.2, 0.25) is 0 Å². The molecular formula is C34H37N3O4. The predicted molar refractivity (Wildman–Crippen MR) is 159 cm³/mol. The molecule has 0 aromatic heterocycles. The number of Topliss-reactive ketones (excluding diaryl/α,β-unsaturated/α-hetero) is 1. The molecule has 0 saturated carbocycles.